The zero-order chi connectivity index (χ0) is 15.0. The maximum atomic E-state index is 11.9. The number of aromatic amines is 1. The summed E-state index contributed by atoms with van der Waals surface area (Å²) >= 11 is 6.00. The van der Waals surface area contributed by atoms with Crippen LogP contribution in [0, 0.1) is 0 Å². The molecule has 2 aromatic heterocycles. The third-order valence-electron chi connectivity index (χ3n) is 3.29. The highest BCUT2D eigenvalue weighted by Gasteiger charge is 2.12. The predicted octanol–water partition coefficient (Wildman–Crippen LogP) is 2.94. The van der Waals surface area contributed by atoms with Crippen molar-refractivity contribution in [3.8, 4) is 0 Å². The first-order valence-corrected chi connectivity index (χ1v) is 7.12. The third kappa shape index (κ3) is 2.69. The maximum absolute atomic E-state index is 11.9. The summed E-state index contributed by atoms with van der Waals surface area (Å²) in [4.78, 5) is 23.4. The molecule has 0 spiro atoms. The molecule has 0 aliphatic heterocycles. The van der Waals surface area contributed by atoms with Crippen LogP contribution in [0.1, 0.15) is 31.2 Å². The highest BCUT2D eigenvalue weighted by Crippen LogP contribution is 2.16. The third-order valence-corrected chi connectivity index (χ3v) is 3.53. The number of fused-ring (bicyclic) bond motifs is 1. The van der Waals surface area contributed by atoms with Gasteiger partial charge >= 0.3 is 0 Å². The molecule has 3 rings (SSSR count). The monoisotopic (exact) mass is 302 g/mol. The number of H-pyrrole nitrogens is 1. The molecule has 1 aromatic carbocycles. The Hall–Kier alpha value is -2.14. The largest absolute Gasteiger partial charge is 0.336 e. The molecule has 0 aliphatic carbocycles. The predicted molar refractivity (Wildman–Crippen MR) is 82.8 cm³/mol. The van der Waals surface area contributed by atoms with Gasteiger partial charge in [-0.05, 0) is 17.7 Å². The van der Waals surface area contributed by atoms with E-state index in [1.165, 1.54) is 6.33 Å². The van der Waals surface area contributed by atoms with Crippen LogP contribution < -0.4 is 5.56 Å². The van der Waals surface area contributed by atoms with Gasteiger partial charge in [-0.2, -0.15) is 4.98 Å². The van der Waals surface area contributed by atoms with E-state index < -0.39 is 0 Å². The van der Waals surface area contributed by atoms with E-state index >= 15 is 0 Å². The van der Waals surface area contributed by atoms with Crippen molar-refractivity contribution in [2.24, 2.45) is 0 Å². The minimum atomic E-state index is -0.285. The number of nitrogens with one attached hydrogen (secondary N) is 1. The average molecular weight is 303 g/mol. The zero-order valence-corrected chi connectivity index (χ0v) is 12.6. The van der Waals surface area contributed by atoms with E-state index in [0.717, 1.165) is 11.4 Å². The van der Waals surface area contributed by atoms with Crippen LogP contribution in [0.3, 0.4) is 0 Å². The summed E-state index contributed by atoms with van der Waals surface area (Å²) in [5, 5.41) is 0.683. The van der Waals surface area contributed by atoms with Crippen LogP contribution in [0.5, 0.6) is 0 Å². The van der Waals surface area contributed by atoms with Gasteiger partial charge in [0, 0.05) is 10.9 Å². The van der Waals surface area contributed by atoms with E-state index in [2.05, 4.69) is 15.0 Å². The highest BCUT2D eigenvalue weighted by atomic mass is 35.5. The standard InChI is InChI=1S/C15H15ClN4O/c1-9(2)13-18-12-14(19-13)20(8-17-15(12)21)7-10-4-3-5-11(16)6-10/h3-6,8-9H,7H2,1-2H3,(H,18,19). The van der Waals surface area contributed by atoms with Crippen molar-refractivity contribution < 1.29 is 0 Å². The van der Waals surface area contributed by atoms with Gasteiger partial charge in [-0.15, -0.1) is 0 Å². The van der Waals surface area contributed by atoms with Gasteiger partial charge in [0.25, 0.3) is 5.56 Å². The number of imidazole rings is 1. The Labute approximate surface area is 126 Å². The molecule has 1 N–H and O–H groups in total. The Morgan fingerprint density at radius 3 is 2.90 bits per heavy atom. The van der Waals surface area contributed by atoms with Gasteiger partial charge < -0.3 is 9.55 Å². The highest BCUT2D eigenvalue weighted by molar-refractivity contribution is 6.30. The molecule has 3 aromatic rings. The van der Waals surface area contributed by atoms with Crippen molar-refractivity contribution in [3.63, 3.8) is 0 Å². The van der Waals surface area contributed by atoms with Gasteiger partial charge in [-0.25, -0.2) is 4.98 Å². The fourth-order valence-corrected chi connectivity index (χ4v) is 2.41. The van der Waals surface area contributed by atoms with Crippen LogP contribution in [0.25, 0.3) is 11.2 Å². The quantitative estimate of drug-likeness (QED) is 0.809. The first-order valence-electron chi connectivity index (χ1n) is 6.74. The lowest BCUT2D eigenvalue weighted by Gasteiger charge is -2.06. The number of hydrogen-bond donors (Lipinski definition) is 1. The maximum Gasteiger partial charge on any atom is 0.298 e. The molecular weight excluding hydrogens is 288 g/mol. The Bertz CT molecular complexity index is 850. The van der Waals surface area contributed by atoms with Crippen molar-refractivity contribution in [3.05, 3.63) is 57.4 Å². The molecule has 0 atom stereocenters. The molecule has 0 bridgehead atoms. The lowest BCUT2D eigenvalue weighted by Crippen LogP contribution is -2.13. The van der Waals surface area contributed by atoms with E-state index in [4.69, 9.17) is 11.6 Å². The van der Waals surface area contributed by atoms with Gasteiger partial charge in [0.15, 0.2) is 11.2 Å². The number of nitrogens with zero attached hydrogens (tertiary/aromatic N) is 3. The van der Waals surface area contributed by atoms with E-state index in [1.54, 1.807) is 0 Å². The first kappa shape index (κ1) is 13.8. The van der Waals surface area contributed by atoms with Crippen LogP contribution in [0.2, 0.25) is 5.02 Å². The molecule has 21 heavy (non-hydrogen) atoms. The average Bonchev–Trinajstić information content (AvgIpc) is 2.88. The molecule has 0 saturated heterocycles. The summed E-state index contributed by atoms with van der Waals surface area (Å²) in [6, 6.07) is 7.60. The van der Waals surface area contributed by atoms with E-state index in [9.17, 15) is 4.79 Å². The van der Waals surface area contributed by atoms with Gasteiger partial charge in [-0.3, -0.25) is 4.79 Å². The summed E-state index contributed by atoms with van der Waals surface area (Å²) in [5.74, 6) is 1.01. The molecule has 0 amide bonds. The molecule has 0 aliphatic rings. The van der Waals surface area contributed by atoms with Crippen molar-refractivity contribution in [1.29, 1.82) is 0 Å². The summed E-state index contributed by atoms with van der Waals surface area (Å²) < 4.78 is 1.85. The molecule has 108 valence electrons. The smallest absolute Gasteiger partial charge is 0.298 e. The van der Waals surface area contributed by atoms with E-state index in [1.807, 2.05) is 42.7 Å². The number of aromatic nitrogens is 4. The molecule has 2 heterocycles. The van der Waals surface area contributed by atoms with Crippen LogP contribution in [0.4, 0.5) is 0 Å². The Balaban J connectivity index is 2.10. The van der Waals surface area contributed by atoms with E-state index in [0.29, 0.717) is 22.7 Å². The summed E-state index contributed by atoms with van der Waals surface area (Å²) in [5.41, 5.74) is 1.82. The second-order valence-corrected chi connectivity index (χ2v) is 5.72. The molecule has 0 fully saturated rings. The normalized spacial score (nSPS) is 11.4. The minimum Gasteiger partial charge on any atom is -0.336 e. The fourth-order valence-electron chi connectivity index (χ4n) is 2.20. The van der Waals surface area contributed by atoms with Gasteiger partial charge in [0.1, 0.15) is 12.2 Å². The topological polar surface area (TPSA) is 63.6 Å². The second kappa shape index (κ2) is 5.33. The van der Waals surface area contributed by atoms with Crippen molar-refractivity contribution >= 4 is 22.8 Å². The Morgan fingerprint density at radius 2 is 2.19 bits per heavy atom. The number of benzene rings is 1. The van der Waals surface area contributed by atoms with Crippen LogP contribution in [0.15, 0.2) is 35.4 Å². The molecule has 0 radical (unpaired) electrons. The minimum absolute atomic E-state index is 0.219. The Morgan fingerprint density at radius 1 is 1.38 bits per heavy atom. The summed E-state index contributed by atoms with van der Waals surface area (Å²) in [7, 11) is 0. The van der Waals surface area contributed by atoms with Crippen LogP contribution >= 0.6 is 11.6 Å². The van der Waals surface area contributed by atoms with Crippen LogP contribution in [-0.4, -0.2) is 19.5 Å². The lowest BCUT2D eigenvalue weighted by atomic mass is 10.2. The summed E-state index contributed by atoms with van der Waals surface area (Å²) in [6.07, 6.45) is 1.52. The first-order chi connectivity index (χ1) is 10.0. The summed E-state index contributed by atoms with van der Waals surface area (Å²) in [6.45, 7) is 4.61. The number of rotatable bonds is 3. The van der Waals surface area contributed by atoms with Crippen molar-refractivity contribution in [2.75, 3.05) is 0 Å². The van der Waals surface area contributed by atoms with Crippen molar-refractivity contribution in [2.45, 2.75) is 26.3 Å². The Kier molecular flexibility index (Phi) is 3.51. The van der Waals surface area contributed by atoms with Gasteiger partial charge in [0.05, 0.1) is 6.54 Å². The zero-order valence-electron chi connectivity index (χ0n) is 11.8. The molecule has 0 saturated carbocycles. The van der Waals surface area contributed by atoms with Crippen molar-refractivity contribution in [1.82, 2.24) is 19.5 Å². The lowest BCUT2D eigenvalue weighted by molar-refractivity contribution is 0.773. The number of hydrogen-bond acceptors (Lipinski definition) is 3. The number of halogens is 1. The van der Waals surface area contributed by atoms with Gasteiger partial charge in [0.2, 0.25) is 0 Å². The molecule has 0 unspecified atom stereocenters. The van der Waals surface area contributed by atoms with E-state index in [-0.39, 0.29) is 11.5 Å². The fraction of sp³-hybridized carbons (Fsp3) is 0.267. The molecular formula is C15H15ClN4O. The second-order valence-electron chi connectivity index (χ2n) is 5.28. The molecule has 6 heteroatoms. The molecule has 5 nitrogen and oxygen atoms in total. The van der Waals surface area contributed by atoms with Crippen LogP contribution in [-0.2, 0) is 6.54 Å². The van der Waals surface area contributed by atoms with Gasteiger partial charge in [-0.1, -0.05) is 37.6 Å². The SMILES string of the molecule is CC(C)c1nc2c([nH]1)c(=O)ncn2Cc1cccc(Cl)c1.